The molecule has 0 N–H and O–H groups in total. The molecule has 0 radical (unpaired) electrons. The lowest BCUT2D eigenvalue weighted by molar-refractivity contribution is -0.147. The predicted molar refractivity (Wildman–Crippen MR) is 48.8 cm³/mol. The lowest BCUT2D eigenvalue weighted by Gasteiger charge is -2.11. The molecule has 0 amide bonds. The summed E-state index contributed by atoms with van der Waals surface area (Å²) in [6.45, 7) is 3.99. The smallest absolute Gasteiger partial charge is 0.308 e. The Hall–Kier alpha value is -0.420. The number of ether oxygens (including phenoxy) is 1. The molecule has 0 aliphatic heterocycles. The van der Waals surface area contributed by atoms with Gasteiger partial charge in [0.05, 0.1) is 12.5 Å². The lowest BCUT2D eigenvalue weighted by atomic mass is 10.1. The van der Waals surface area contributed by atoms with Crippen molar-refractivity contribution in [1.29, 1.82) is 0 Å². The van der Waals surface area contributed by atoms with Gasteiger partial charge >= 0.3 is 5.97 Å². The van der Waals surface area contributed by atoms with Crippen LogP contribution in [0.15, 0.2) is 0 Å². The van der Waals surface area contributed by atoms with Crippen molar-refractivity contribution in [3.05, 3.63) is 0 Å². The molecule has 0 aromatic heterocycles. The van der Waals surface area contributed by atoms with E-state index in [1.807, 2.05) is 6.92 Å². The summed E-state index contributed by atoms with van der Waals surface area (Å²) in [4.78, 5) is 11.1. The van der Waals surface area contributed by atoms with Gasteiger partial charge in [0.1, 0.15) is 0 Å². The molecule has 0 heterocycles. The zero-order valence-electron chi connectivity index (χ0n) is 7.95. The van der Waals surface area contributed by atoms with Gasteiger partial charge < -0.3 is 9.29 Å². The second-order valence-corrected chi connectivity index (χ2v) is 3.88. The van der Waals surface area contributed by atoms with Crippen molar-refractivity contribution in [2.24, 2.45) is 5.92 Å². The van der Waals surface area contributed by atoms with Gasteiger partial charge in [0.15, 0.2) is 0 Å². The minimum atomic E-state index is -2.07. The first-order valence-electron chi connectivity index (χ1n) is 4.30. The van der Waals surface area contributed by atoms with Crippen LogP contribution in [0.1, 0.15) is 26.7 Å². The first-order valence-corrected chi connectivity index (χ1v) is 5.54. The molecule has 0 aromatic rings. The molecular weight excluding hydrogens is 192 g/mol. The van der Waals surface area contributed by atoms with E-state index in [1.54, 1.807) is 6.92 Å². The van der Waals surface area contributed by atoms with Gasteiger partial charge in [-0.3, -0.25) is 9.00 Å². The fourth-order valence-electron chi connectivity index (χ4n) is 0.736. The van der Waals surface area contributed by atoms with E-state index in [9.17, 15) is 13.6 Å². The van der Waals surface area contributed by atoms with Gasteiger partial charge in [-0.15, -0.1) is 0 Å². The van der Waals surface area contributed by atoms with E-state index >= 15 is 0 Å². The van der Waals surface area contributed by atoms with Gasteiger partial charge in [0.25, 0.3) is 0 Å². The van der Waals surface area contributed by atoms with Crippen LogP contribution < -0.4 is 0 Å². The average molecular weight is 207 g/mol. The fraction of sp³-hybridized carbons (Fsp3) is 0.875. The zero-order chi connectivity index (χ0) is 10.3. The highest BCUT2D eigenvalue weighted by Gasteiger charge is 2.13. The number of esters is 1. The molecule has 13 heavy (non-hydrogen) atoms. The van der Waals surface area contributed by atoms with Crippen molar-refractivity contribution in [3.8, 4) is 0 Å². The summed E-state index contributed by atoms with van der Waals surface area (Å²) in [5, 5.41) is 0. The number of rotatable bonds is 6. The van der Waals surface area contributed by atoms with E-state index in [1.165, 1.54) is 0 Å². The molecule has 0 spiro atoms. The molecule has 0 aliphatic rings. The number of hydrogen-bond donors (Lipinski definition) is 0. The van der Waals surface area contributed by atoms with Gasteiger partial charge in [0.2, 0.25) is 0 Å². The molecule has 0 fully saturated rings. The van der Waals surface area contributed by atoms with E-state index in [0.717, 1.165) is 6.42 Å². The number of carbonyl (C=O) groups excluding carboxylic acids is 1. The van der Waals surface area contributed by atoms with Crippen molar-refractivity contribution in [2.75, 3.05) is 12.4 Å². The van der Waals surface area contributed by atoms with Crippen LogP contribution in [0.3, 0.4) is 0 Å². The molecule has 0 bridgehead atoms. The van der Waals surface area contributed by atoms with Crippen LogP contribution >= 0.6 is 0 Å². The highest BCUT2D eigenvalue weighted by Crippen LogP contribution is 2.05. The molecule has 0 saturated heterocycles. The summed E-state index contributed by atoms with van der Waals surface area (Å²) in [6.07, 6.45) is 1.12. The molecule has 4 nitrogen and oxygen atoms in total. The summed E-state index contributed by atoms with van der Waals surface area (Å²) in [6, 6.07) is 0. The standard InChI is InChI=1S/C8H16O4S/c1-3-5-12-8(9)7(2)4-6-13(10)11/h7H,3-6H2,1-2H3,(H,10,11)/p-1. The Labute approximate surface area is 80.9 Å². The van der Waals surface area contributed by atoms with E-state index in [0.29, 0.717) is 13.0 Å². The van der Waals surface area contributed by atoms with Gasteiger partial charge in [-0.2, -0.15) is 0 Å². The van der Waals surface area contributed by atoms with Crippen LogP contribution in [0.2, 0.25) is 0 Å². The largest absolute Gasteiger partial charge is 0.772 e. The minimum absolute atomic E-state index is 0.0163. The van der Waals surface area contributed by atoms with Crippen LogP contribution in [0.5, 0.6) is 0 Å². The Bertz CT molecular complexity index is 181. The maximum atomic E-state index is 11.1. The highest BCUT2D eigenvalue weighted by atomic mass is 32.2. The minimum Gasteiger partial charge on any atom is -0.772 e. The molecule has 2 atom stereocenters. The maximum Gasteiger partial charge on any atom is 0.308 e. The summed E-state index contributed by atoms with van der Waals surface area (Å²) < 4.78 is 25.2. The normalized spacial score (nSPS) is 15.0. The molecule has 5 heteroatoms. The third kappa shape index (κ3) is 6.72. The summed E-state index contributed by atoms with van der Waals surface area (Å²) in [5.41, 5.74) is 0. The van der Waals surface area contributed by atoms with Gasteiger partial charge in [-0.25, -0.2) is 0 Å². The van der Waals surface area contributed by atoms with Crippen LogP contribution in [0, 0.1) is 5.92 Å². The Morgan fingerprint density at radius 2 is 2.23 bits per heavy atom. The van der Waals surface area contributed by atoms with Crippen LogP contribution in [0.25, 0.3) is 0 Å². The first-order chi connectivity index (χ1) is 6.07. The Kier molecular flexibility index (Phi) is 6.80. The molecule has 2 unspecified atom stereocenters. The monoisotopic (exact) mass is 207 g/mol. The molecule has 0 aromatic carbocycles. The molecule has 0 aliphatic carbocycles. The third-order valence-corrected chi connectivity index (χ3v) is 2.14. The van der Waals surface area contributed by atoms with E-state index in [-0.39, 0.29) is 17.6 Å². The maximum absolute atomic E-state index is 11.1. The molecular formula is C8H15O4S-. The molecule has 78 valence electrons. The predicted octanol–water partition coefficient (Wildman–Crippen LogP) is 0.845. The Morgan fingerprint density at radius 1 is 1.62 bits per heavy atom. The van der Waals surface area contributed by atoms with Crippen molar-refractivity contribution in [3.63, 3.8) is 0 Å². The van der Waals surface area contributed by atoms with Crippen molar-refractivity contribution in [1.82, 2.24) is 0 Å². The van der Waals surface area contributed by atoms with E-state index in [4.69, 9.17) is 4.74 Å². The van der Waals surface area contributed by atoms with Crippen LogP contribution in [-0.4, -0.2) is 27.1 Å². The van der Waals surface area contributed by atoms with E-state index in [2.05, 4.69) is 0 Å². The van der Waals surface area contributed by atoms with Gasteiger partial charge in [0, 0.05) is 5.75 Å². The molecule has 0 saturated carbocycles. The third-order valence-electron chi connectivity index (χ3n) is 1.57. The van der Waals surface area contributed by atoms with Crippen molar-refractivity contribution < 1.29 is 18.3 Å². The van der Waals surface area contributed by atoms with Gasteiger partial charge in [-0.1, -0.05) is 24.9 Å². The number of hydrogen-bond acceptors (Lipinski definition) is 4. The summed E-state index contributed by atoms with van der Waals surface area (Å²) in [5.74, 6) is -0.626. The van der Waals surface area contributed by atoms with Gasteiger partial charge in [-0.05, 0) is 12.8 Å². The summed E-state index contributed by atoms with van der Waals surface area (Å²) in [7, 11) is 0. The molecule has 0 rings (SSSR count). The second-order valence-electron chi connectivity index (χ2n) is 2.87. The topological polar surface area (TPSA) is 66.4 Å². The van der Waals surface area contributed by atoms with Crippen LogP contribution in [-0.2, 0) is 20.6 Å². The van der Waals surface area contributed by atoms with Crippen LogP contribution in [0.4, 0.5) is 0 Å². The fourth-order valence-corrected chi connectivity index (χ4v) is 1.28. The highest BCUT2D eigenvalue weighted by molar-refractivity contribution is 7.79. The number of carbonyl (C=O) groups is 1. The quantitative estimate of drug-likeness (QED) is 0.478. The summed E-state index contributed by atoms with van der Waals surface area (Å²) >= 11 is -2.07. The van der Waals surface area contributed by atoms with Crippen molar-refractivity contribution >= 4 is 17.0 Å². The lowest BCUT2D eigenvalue weighted by Crippen LogP contribution is -2.17. The Balaban J connectivity index is 3.62. The first kappa shape index (κ1) is 12.6. The second kappa shape index (κ2) is 7.03. The average Bonchev–Trinajstić information content (AvgIpc) is 2.10. The zero-order valence-corrected chi connectivity index (χ0v) is 8.76. The van der Waals surface area contributed by atoms with E-state index < -0.39 is 11.1 Å². The Morgan fingerprint density at radius 3 is 2.69 bits per heavy atom. The van der Waals surface area contributed by atoms with Crippen molar-refractivity contribution in [2.45, 2.75) is 26.7 Å². The SMILES string of the molecule is CCCOC(=O)C(C)CCS(=O)[O-].